The average Bonchev–Trinajstić information content (AvgIpc) is 3.60. The van der Waals surface area contributed by atoms with Gasteiger partial charge in [-0.3, -0.25) is 19.7 Å². The van der Waals surface area contributed by atoms with E-state index in [0.717, 1.165) is 25.8 Å². The van der Waals surface area contributed by atoms with E-state index < -0.39 is 43.3 Å². The summed E-state index contributed by atoms with van der Waals surface area (Å²) in [6.45, 7) is 15.9. The van der Waals surface area contributed by atoms with Gasteiger partial charge in [-0.05, 0) is 96.2 Å². The van der Waals surface area contributed by atoms with E-state index in [2.05, 4.69) is 66.7 Å². The van der Waals surface area contributed by atoms with Gasteiger partial charge in [0, 0.05) is 44.4 Å². The Bertz CT molecular complexity index is 2110. The van der Waals surface area contributed by atoms with Gasteiger partial charge in [0.05, 0.1) is 23.1 Å². The Morgan fingerprint density at radius 3 is 2.60 bits per heavy atom. The summed E-state index contributed by atoms with van der Waals surface area (Å²) in [4.78, 5) is 27.0. The number of β-amino-alcohol motifs (C(OH)–C–C–N with tert-alkyl or cyclic N) is 1. The summed E-state index contributed by atoms with van der Waals surface area (Å²) < 4.78 is 67.0. The average molecular weight is 810 g/mol. The van der Waals surface area contributed by atoms with Crippen LogP contribution in [0, 0.1) is 11.6 Å². The first-order valence-electron chi connectivity index (χ1n) is 20.8. The lowest BCUT2D eigenvalue weighted by Gasteiger charge is -2.42. The van der Waals surface area contributed by atoms with Crippen LogP contribution in [0.4, 0.5) is 13.2 Å². The molecule has 57 heavy (non-hydrogen) atoms. The van der Waals surface area contributed by atoms with Gasteiger partial charge in [0.25, 0.3) is 19.9 Å². The number of aryl methyl sites for hydroxylation is 1. The number of hydrogen-bond donors (Lipinski definition) is 3. The van der Waals surface area contributed by atoms with Crippen LogP contribution in [0.1, 0.15) is 85.6 Å². The van der Waals surface area contributed by atoms with E-state index in [0.29, 0.717) is 79.6 Å². The molecule has 4 aromatic rings. The van der Waals surface area contributed by atoms with Crippen molar-refractivity contribution in [3.8, 4) is 23.0 Å². The van der Waals surface area contributed by atoms with Gasteiger partial charge in [0.2, 0.25) is 0 Å². The van der Waals surface area contributed by atoms with E-state index in [1.807, 2.05) is 6.07 Å². The number of nitrogens with one attached hydrogen (secondary N) is 2. The first kappa shape index (κ1) is 41.6. The minimum atomic E-state index is -2.49. The molecule has 0 spiro atoms. The largest absolute Gasteiger partial charge is 0.543 e. The second kappa shape index (κ2) is 17.0. The van der Waals surface area contributed by atoms with Crippen molar-refractivity contribution >= 4 is 30.0 Å². The normalized spacial score (nSPS) is 23.3. The summed E-state index contributed by atoms with van der Waals surface area (Å²) in [5.41, 5.74) is 0.0950. The van der Waals surface area contributed by atoms with Crippen molar-refractivity contribution in [3.05, 3.63) is 58.0 Å². The summed E-state index contributed by atoms with van der Waals surface area (Å²) in [5.74, 6) is -0.716. The molecule has 3 aliphatic rings. The molecule has 310 valence electrons. The van der Waals surface area contributed by atoms with Crippen LogP contribution in [0.15, 0.2) is 35.3 Å². The highest BCUT2D eigenvalue weighted by molar-refractivity contribution is 6.78. The number of rotatable bonds is 14. The maximum atomic E-state index is 17.1. The van der Waals surface area contributed by atoms with Gasteiger partial charge in [0.15, 0.2) is 5.82 Å². The number of aliphatic hydroxyl groups is 1. The van der Waals surface area contributed by atoms with Crippen molar-refractivity contribution in [2.45, 2.75) is 127 Å². The SMILES string of the molecule is CC(C)[Si](Oc1cc(-c2ncc3c(=O)[nH]c(OC[C@@]45CCCN4C[C@H](F)C5)nc3c2F)c2c(CCCO[C@@H]3CC[C@H](O)CNC3)c(F)ccc2c1)(C(C)C)C(C)C. The Morgan fingerprint density at radius 2 is 1.84 bits per heavy atom. The molecule has 0 unspecified atom stereocenters. The molecule has 3 saturated heterocycles. The Balaban J connectivity index is 1.29. The number of ether oxygens (including phenoxy) is 2. The van der Waals surface area contributed by atoms with Gasteiger partial charge >= 0.3 is 0 Å². The summed E-state index contributed by atoms with van der Waals surface area (Å²) in [7, 11) is -2.49. The first-order chi connectivity index (χ1) is 27.2. The standard InChI is InChI=1S/C43H58F3N5O5Si/c1-25(2)57(26(3)4,27(5)6)56-32-17-28-10-13-36(45)33(9-7-16-54-31-12-11-30(52)20-47-21-31)37(28)34(18-32)39-38(46)40-35(22-48-39)41(53)50-42(49-40)55-24-43-14-8-15-51(43)23-29(44)19-43/h10,13,17-18,22,25-27,29-31,47,52H,7-9,11-12,14-16,19-21,23-24H2,1-6H3,(H,49,50,53)/t29-,30+,31-,43+/m1/s1. The molecule has 2 aromatic carbocycles. The quantitative estimate of drug-likeness (QED) is 0.0860. The van der Waals surface area contributed by atoms with Gasteiger partial charge in [-0.25, -0.2) is 13.2 Å². The number of H-pyrrole nitrogens is 1. The lowest BCUT2D eigenvalue weighted by atomic mass is 9.93. The van der Waals surface area contributed by atoms with Crippen LogP contribution in [-0.2, 0) is 11.2 Å². The maximum absolute atomic E-state index is 17.1. The number of halogens is 3. The second-order valence-corrected chi connectivity index (χ2v) is 22.8. The fraction of sp³-hybridized carbons (Fsp3) is 0.605. The van der Waals surface area contributed by atoms with Crippen LogP contribution >= 0.6 is 0 Å². The number of aromatic amines is 1. The van der Waals surface area contributed by atoms with E-state index >= 15 is 8.78 Å². The van der Waals surface area contributed by atoms with Crippen LogP contribution in [0.2, 0.25) is 16.6 Å². The van der Waals surface area contributed by atoms with Gasteiger partial charge in [-0.15, -0.1) is 0 Å². The number of aromatic nitrogens is 3. The second-order valence-electron chi connectivity index (χ2n) is 17.4. The summed E-state index contributed by atoms with van der Waals surface area (Å²) >= 11 is 0. The molecule has 10 nitrogen and oxygen atoms in total. The van der Waals surface area contributed by atoms with Crippen molar-refractivity contribution < 1.29 is 32.2 Å². The van der Waals surface area contributed by atoms with Crippen molar-refractivity contribution in [1.82, 2.24) is 25.2 Å². The van der Waals surface area contributed by atoms with Crippen LogP contribution in [0.5, 0.6) is 11.8 Å². The number of fused-ring (bicyclic) bond motifs is 3. The van der Waals surface area contributed by atoms with E-state index in [1.165, 1.54) is 12.3 Å². The molecule has 14 heteroatoms. The molecule has 7 rings (SSSR count). The topological polar surface area (TPSA) is 122 Å². The van der Waals surface area contributed by atoms with Gasteiger partial charge in [0.1, 0.15) is 35.6 Å². The zero-order valence-corrected chi connectivity index (χ0v) is 35.1. The number of nitrogens with zero attached hydrogens (tertiary/aromatic N) is 3. The Morgan fingerprint density at radius 1 is 1.07 bits per heavy atom. The first-order valence-corrected chi connectivity index (χ1v) is 22.9. The molecule has 3 aliphatic heterocycles. The van der Waals surface area contributed by atoms with E-state index in [9.17, 15) is 14.3 Å². The smallest absolute Gasteiger partial charge is 0.297 e. The van der Waals surface area contributed by atoms with E-state index in [-0.39, 0.29) is 51.9 Å². The Labute approximate surface area is 334 Å². The van der Waals surface area contributed by atoms with Crippen LogP contribution < -0.4 is 20.0 Å². The lowest BCUT2D eigenvalue weighted by Crippen LogP contribution is -2.50. The summed E-state index contributed by atoms with van der Waals surface area (Å²) in [5, 5.41) is 14.4. The predicted molar refractivity (Wildman–Crippen MR) is 219 cm³/mol. The Kier molecular flexibility index (Phi) is 12.4. The molecular formula is C43H58F3N5O5Si. The van der Waals surface area contributed by atoms with Crippen LogP contribution in [-0.4, -0.2) is 96.6 Å². The molecule has 3 fully saturated rings. The van der Waals surface area contributed by atoms with Gasteiger partial charge in [-0.1, -0.05) is 47.6 Å². The molecule has 0 amide bonds. The number of pyridine rings is 1. The lowest BCUT2D eigenvalue weighted by molar-refractivity contribution is 0.0463. The van der Waals surface area contributed by atoms with Gasteiger partial charge in [-0.2, -0.15) is 4.98 Å². The maximum Gasteiger partial charge on any atom is 0.297 e. The molecule has 4 atom stereocenters. The zero-order valence-electron chi connectivity index (χ0n) is 34.1. The van der Waals surface area contributed by atoms with E-state index in [4.69, 9.17) is 13.9 Å². The molecular weight excluding hydrogens is 752 g/mol. The molecule has 2 aromatic heterocycles. The fourth-order valence-electron chi connectivity index (χ4n) is 10.1. The summed E-state index contributed by atoms with van der Waals surface area (Å²) in [6.07, 6.45) is 4.09. The number of hydrogen-bond acceptors (Lipinski definition) is 9. The van der Waals surface area contributed by atoms with Crippen molar-refractivity contribution in [2.24, 2.45) is 0 Å². The monoisotopic (exact) mass is 809 g/mol. The molecule has 0 radical (unpaired) electrons. The highest BCUT2D eigenvalue weighted by Gasteiger charge is 2.50. The molecule has 3 N–H and O–H groups in total. The molecule has 0 aliphatic carbocycles. The third kappa shape index (κ3) is 8.21. The van der Waals surface area contributed by atoms with Crippen molar-refractivity contribution in [1.29, 1.82) is 0 Å². The third-order valence-electron chi connectivity index (χ3n) is 12.8. The minimum absolute atomic E-state index is 0.0550. The predicted octanol–water partition coefficient (Wildman–Crippen LogP) is 7.99. The molecule has 5 heterocycles. The number of alkyl halides is 1. The molecule has 0 bridgehead atoms. The van der Waals surface area contributed by atoms with Crippen LogP contribution in [0.25, 0.3) is 32.9 Å². The summed E-state index contributed by atoms with van der Waals surface area (Å²) in [6, 6.07) is 6.66. The highest BCUT2D eigenvalue weighted by atomic mass is 28.4. The van der Waals surface area contributed by atoms with Crippen molar-refractivity contribution in [2.75, 3.05) is 39.4 Å². The zero-order chi connectivity index (χ0) is 40.6. The fourth-order valence-corrected chi connectivity index (χ4v) is 15.4. The highest BCUT2D eigenvalue weighted by Crippen LogP contribution is 2.46. The van der Waals surface area contributed by atoms with Crippen LogP contribution in [0.3, 0.4) is 0 Å². The van der Waals surface area contributed by atoms with Gasteiger partial charge < -0.3 is 24.3 Å². The molecule has 0 saturated carbocycles. The Hall–Kier alpha value is -3.56. The van der Waals surface area contributed by atoms with E-state index in [1.54, 1.807) is 12.1 Å². The number of benzene rings is 2. The minimum Gasteiger partial charge on any atom is -0.543 e. The van der Waals surface area contributed by atoms with Crippen molar-refractivity contribution in [3.63, 3.8) is 0 Å². The number of aliphatic hydroxyl groups excluding tert-OH is 1. The third-order valence-corrected chi connectivity index (χ3v) is 18.8.